The zero-order valence-electron chi connectivity index (χ0n) is 14.1. The van der Waals surface area contributed by atoms with E-state index in [1.807, 2.05) is 0 Å². The lowest BCUT2D eigenvalue weighted by Gasteiger charge is -2.25. The van der Waals surface area contributed by atoms with Crippen LogP contribution in [-0.4, -0.2) is 77.6 Å². The van der Waals surface area contributed by atoms with Gasteiger partial charge in [-0.25, -0.2) is 8.42 Å². The Morgan fingerprint density at radius 3 is 2.04 bits per heavy atom. The van der Waals surface area contributed by atoms with E-state index in [2.05, 4.69) is 0 Å². The number of sulfonamides is 1. The van der Waals surface area contributed by atoms with Crippen molar-refractivity contribution in [2.75, 3.05) is 54.1 Å². The number of amides is 1. The summed E-state index contributed by atoms with van der Waals surface area (Å²) in [6.07, 6.45) is 0. The minimum atomic E-state index is -3.76. The molecule has 1 amide bonds. The smallest absolute Gasteiger partial charge is 0.243 e. The van der Waals surface area contributed by atoms with E-state index in [1.54, 1.807) is 0 Å². The monoisotopic (exact) mass is 378 g/mol. The molecule has 136 valence electrons. The molecule has 0 radical (unpaired) electrons. The molecule has 0 fully saturated rings. The molecule has 1 aromatic rings. The molecule has 0 aliphatic rings. The van der Waals surface area contributed by atoms with Gasteiger partial charge in [0.15, 0.2) is 0 Å². The minimum absolute atomic E-state index is 0.0857. The van der Waals surface area contributed by atoms with Gasteiger partial charge in [-0.3, -0.25) is 4.79 Å². The second-order valence-electron chi connectivity index (χ2n) is 5.08. The molecule has 0 aliphatic carbocycles. The Labute approximate surface area is 148 Å². The van der Waals surface area contributed by atoms with Gasteiger partial charge in [0, 0.05) is 39.4 Å². The summed E-state index contributed by atoms with van der Waals surface area (Å²) in [5.74, 6) is -0.316. The van der Waals surface area contributed by atoms with E-state index in [0.29, 0.717) is 31.3 Å². The number of rotatable bonds is 10. The summed E-state index contributed by atoms with van der Waals surface area (Å²) in [7, 11) is 0.683. The minimum Gasteiger partial charge on any atom is -0.383 e. The number of likely N-dealkylation sites (N-methyl/N-ethyl adjacent to an activating group) is 1. The first-order chi connectivity index (χ1) is 11.3. The van der Waals surface area contributed by atoms with Gasteiger partial charge in [0.2, 0.25) is 15.9 Å². The Morgan fingerprint density at radius 2 is 1.58 bits per heavy atom. The Hall–Kier alpha value is -1.19. The normalized spacial score (nSPS) is 11.7. The standard InChI is InChI=1S/C15H23ClN2O5S/c1-17(24(20,21)14-6-4-13(16)5-7-14)12-15(19)18(8-10-22-2)9-11-23-3/h4-7H,8-12H2,1-3H3. The highest BCUT2D eigenvalue weighted by Crippen LogP contribution is 2.17. The van der Waals surface area contributed by atoms with Crippen LogP contribution in [0.15, 0.2) is 29.2 Å². The topological polar surface area (TPSA) is 76.2 Å². The summed E-state index contributed by atoms with van der Waals surface area (Å²) in [4.78, 5) is 14.0. The van der Waals surface area contributed by atoms with Gasteiger partial charge >= 0.3 is 0 Å². The molecule has 24 heavy (non-hydrogen) atoms. The van der Waals surface area contributed by atoms with Crippen LogP contribution in [0.2, 0.25) is 5.02 Å². The Balaban J connectivity index is 2.80. The maximum Gasteiger partial charge on any atom is 0.243 e. The summed E-state index contributed by atoms with van der Waals surface area (Å²) in [5, 5.41) is 0.443. The first-order valence-electron chi connectivity index (χ1n) is 7.30. The van der Waals surface area contributed by atoms with Crippen molar-refractivity contribution in [3.8, 4) is 0 Å². The van der Waals surface area contributed by atoms with E-state index in [-0.39, 0.29) is 17.3 Å². The number of nitrogens with zero attached hydrogens (tertiary/aromatic N) is 2. The SMILES string of the molecule is COCCN(CCOC)C(=O)CN(C)S(=O)(=O)c1ccc(Cl)cc1. The molecule has 0 heterocycles. The molecule has 0 N–H and O–H groups in total. The fourth-order valence-electron chi connectivity index (χ4n) is 1.93. The quantitative estimate of drug-likeness (QED) is 0.609. The van der Waals surface area contributed by atoms with Gasteiger partial charge in [-0.15, -0.1) is 0 Å². The van der Waals surface area contributed by atoms with Gasteiger partial charge in [-0.05, 0) is 24.3 Å². The molecule has 0 atom stereocenters. The van der Waals surface area contributed by atoms with Gasteiger partial charge in [0.1, 0.15) is 0 Å². The van der Waals surface area contributed by atoms with Crippen LogP contribution in [0.5, 0.6) is 0 Å². The third-order valence-electron chi connectivity index (χ3n) is 3.36. The molecule has 0 aromatic heterocycles. The van der Waals surface area contributed by atoms with E-state index >= 15 is 0 Å². The van der Waals surface area contributed by atoms with Crippen molar-refractivity contribution in [2.45, 2.75) is 4.90 Å². The molecule has 0 unspecified atom stereocenters. The number of ether oxygens (including phenoxy) is 2. The predicted molar refractivity (Wildman–Crippen MR) is 91.6 cm³/mol. The number of carbonyl (C=O) groups excluding carboxylic acids is 1. The second-order valence-corrected chi connectivity index (χ2v) is 7.56. The zero-order valence-corrected chi connectivity index (χ0v) is 15.6. The first kappa shape index (κ1) is 20.9. The van der Waals surface area contributed by atoms with Gasteiger partial charge < -0.3 is 14.4 Å². The fraction of sp³-hybridized carbons (Fsp3) is 0.533. The molecule has 0 saturated carbocycles. The summed E-state index contributed by atoms with van der Waals surface area (Å²) >= 11 is 5.77. The lowest BCUT2D eigenvalue weighted by molar-refractivity contribution is -0.132. The van der Waals surface area contributed by atoms with Crippen LogP contribution in [0, 0.1) is 0 Å². The summed E-state index contributed by atoms with van der Waals surface area (Å²) < 4.78 is 36.0. The van der Waals surface area contributed by atoms with E-state index < -0.39 is 10.0 Å². The van der Waals surface area contributed by atoms with Gasteiger partial charge in [-0.1, -0.05) is 11.6 Å². The summed E-state index contributed by atoms with van der Waals surface area (Å²) in [5.41, 5.74) is 0. The van der Waals surface area contributed by atoms with Crippen LogP contribution in [0.3, 0.4) is 0 Å². The lowest BCUT2D eigenvalue weighted by atomic mass is 10.4. The molecular weight excluding hydrogens is 356 g/mol. The van der Waals surface area contributed by atoms with Crippen molar-refractivity contribution in [1.82, 2.24) is 9.21 Å². The zero-order chi connectivity index (χ0) is 18.2. The van der Waals surface area contributed by atoms with Crippen molar-refractivity contribution < 1.29 is 22.7 Å². The Kier molecular flexibility index (Phi) is 8.65. The van der Waals surface area contributed by atoms with Crippen molar-refractivity contribution in [3.05, 3.63) is 29.3 Å². The van der Waals surface area contributed by atoms with Gasteiger partial charge in [0.05, 0.1) is 24.7 Å². The maximum atomic E-state index is 12.5. The largest absolute Gasteiger partial charge is 0.383 e. The maximum absolute atomic E-state index is 12.5. The van der Waals surface area contributed by atoms with Crippen LogP contribution < -0.4 is 0 Å². The first-order valence-corrected chi connectivity index (χ1v) is 9.12. The number of methoxy groups -OCH3 is 2. The number of benzene rings is 1. The second kappa shape index (κ2) is 9.95. The van der Waals surface area contributed by atoms with Crippen LogP contribution >= 0.6 is 11.6 Å². The van der Waals surface area contributed by atoms with E-state index in [1.165, 1.54) is 50.4 Å². The van der Waals surface area contributed by atoms with Crippen LogP contribution in [0.1, 0.15) is 0 Å². The average Bonchev–Trinajstić information content (AvgIpc) is 2.55. The molecular formula is C15H23ClN2O5S. The summed E-state index contributed by atoms with van der Waals surface area (Å²) in [6, 6.07) is 5.81. The van der Waals surface area contributed by atoms with Crippen LogP contribution in [0.25, 0.3) is 0 Å². The third kappa shape index (κ3) is 6.03. The van der Waals surface area contributed by atoms with Crippen LogP contribution in [0.4, 0.5) is 0 Å². The highest BCUT2D eigenvalue weighted by molar-refractivity contribution is 7.89. The van der Waals surface area contributed by atoms with Gasteiger partial charge in [0.25, 0.3) is 0 Å². The van der Waals surface area contributed by atoms with Crippen molar-refractivity contribution >= 4 is 27.5 Å². The van der Waals surface area contributed by atoms with Crippen molar-refractivity contribution in [2.24, 2.45) is 0 Å². The molecule has 9 heteroatoms. The highest BCUT2D eigenvalue weighted by Gasteiger charge is 2.25. The molecule has 7 nitrogen and oxygen atoms in total. The van der Waals surface area contributed by atoms with E-state index in [0.717, 1.165) is 4.31 Å². The number of hydrogen-bond donors (Lipinski definition) is 0. The fourth-order valence-corrected chi connectivity index (χ4v) is 3.17. The average molecular weight is 379 g/mol. The molecule has 0 bridgehead atoms. The van der Waals surface area contributed by atoms with Crippen LogP contribution in [-0.2, 0) is 24.3 Å². The van der Waals surface area contributed by atoms with Crippen molar-refractivity contribution in [3.63, 3.8) is 0 Å². The molecule has 1 aromatic carbocycles. The Bertz CT molecular complexity index is 613. The molecule has 0 spiro atoms. The Morgan fingerprint density at radius 1 is 1.08 bits per heavy atom. The molecule has 1 rings (SSSR count). The molecule has 0 aliphatic heterocycles. The van der Waals surface area contributed by atoms with Gasteiger partial charge in [-0.2, -0.15) is 4.31 Å². The lowest BCUT2D eigenvalue weighted by Crippen LogP contribution is -2.43. The van der Waals surface area contributed by atoms with E-state index in [9.17, 15) is 13.2 Å². The predicted octanol–water partition coefficient (Wildman–Crippen LogP) is 1.08. The number of hydrogen-bond acceptors (Lipinski definition) is 5. The third-order valence-corrected chi connectivity index (χ3v) is 5.43. The molecule has 0 saturated heterocycles. The van der Waals surface area contributed by atoms with E-state index in [4.69, 9.17) is 21.1 Å². The number of halogens is 1. The number of carbonyl (C=O) groups is 1. The highest BCUT2D eigenvalue weighted by atomic mass is 35.5. The van der Waals surface area contributed by atoms with Crippen molar-refractivity contribution in [1.29, 1.82) is 0 Å². The summed E-state index contributed by atoms with van der Waals surface area (Å²) in [6.45, 7) is 1.20.